The van der Waals surface area contributed by atoms with Crippen LogP contribution >= 0.6 is 12.2 Å². The van der Waals surface area contributed by atoms with E-state index >= 15 is 0 Å². The topological polar surface area (TPSA) is 183 Å². The summed E-state index contributed by atoms with van der Waals surface area (Å²) in [5.74, 6) is -0.148. The molecule has 13 heteroatoms. The molecule has 0 spiro atoms. The number of nitrogens with two attached hydrogens (primary N) is 2. The molecule has 0 saturated carbocycles. The van der Waals surface area contributed by atoms with Crippen LogP contribution in [0.25, 0.3) is 6.08 Å². The van der Waals surface area contributed by atoms with Gasteiger partial charge in [-0.05, 0) is 55.5 Å². The number of anilines is 2. The van der Waals surface area contributed by atoms with Crippen molar-refractivity contribution >= 4 is 52.4 Å². The number of fused-ring (bicyclic) bond motifs is 1. The molecule has 218 valence electrons. The Morgan fingerprint density at radius 3 is 2.71 bits per heavy atom. The van der Waals surface area contributed by atoms with Gasteiger partial charge in [-0.1, -0.05) is 37.2 Å². The summed E-state index contributed by atoms with van der Waals surface area (Å²) in [5, 5.41) is 5.44. The van der Waals surface area contributed by atoms with Gasteiger partial charge in [0.05, 0.1) is 6.20 Å². The summed E-state index contributed by atoms with van der Waals surface area (Å²) < 4.78 is 1.33. The number of aryl methyl sites for hydroxylation is 2. The average molecular weight is 588 g/mol. The van der Waals surface area contributed by atoms with E-state index in [1.54, 1.807) is 18.3 Å². The number of nitrogens with one attached hydrogen (secondary N) is 2. The fourth-order valence-corrected chi connectivity index (χ4v) is 4.70. The molecule has 42 heavy (non-hydrogen) atoms. The molecule has 0 radical (unpaired) electrons. The van der Waals surface area contributed by atoms with Gasteiger partial charge in [-0.2, -0.15) is 0 Å². The van der Waals surface area contributed by atoms with Crippen LogP contribution in [-0.4, -0.2) is 48.7 Å². The highest BCUT2D eigenvalue weighted by molar-refractivity contribution is 7.82. The Labute approximate surface area is 248 Å². The van der Waals surface area contributed by atoms with Gasteiger partial charge in [0.1, 0.15) is 29.2 Å². The second-order valence-corrected chi connectivity index (χ2v) is 10.3. The Morgan fingerprint density at radius 2 is 2.00 bits per heavy atom. The highest BCUT2D eigenvalue weighted by atomic mass is 32.1. The molecule has 4 heterocycles. The summed E-state index contributed by atoms with van der Waals surface area (Å²) in [6.45, 7) is 4.38. The second kappa shape index (κ2) is 13.7. The van der Waals surface area contributed by atoms with E-state index in [4.69, 9.17) is 23.7 Å². The van der Waals surface area contributed by atoms with Crippen molar-refractivity contribution in [3.05, 3.63) is 81.4 Å². The van der Waals surface area contributed by atoms with Gasteiger partial charge in [0.25, 0.3) is 11.5 Å². The molecule has 1 atom stereocenters. The first kappa shape index (κ1) is 30.2. The number of thiocarbonyl (C=S) groups is 1. The largest absolute Gasteiger partial charge is 0.384 e. The van der Waals surface area contributed by atoms with Gasteiger partial charge in [-0.3, -0.25) is 23.9 Å². The summed E-state index contributed by atoms with van der Waals surface area (Å²) in [6, 6.07) is 4.29. The molecule has 1 unspecified atom stereocenters. The third kappa shape index (κ3) is 7.29. The zero-order valence-electron chi connectivity index (χ0n) is 23.5. The van der Waals surface area contributed by atoms with Gasteiger partial charge in [0.2, 0.25) is 5.91 Å². The molecular formula is C29H33N9O3S. The van der Waals surface area contributed by atoms with Crippen molar-refractivity contribution in [3.63, 3.8) is 0 Å². The summed E-state index contributed by atoms with van der Waals surface area (Å²) in [4.78, 5) is 55.4. The lowest BCUT2D eigenvalue weighted by Crippen LogP contribution is -2.38. The molecule has 6 N–H and O–H groups in total. The lowest BCUT2D eigenvalue weighted by molar-refractivity contribution is -0.124. The van der Waals surface area contributed by atoms with Crippen LogP contribution in [0, 0.1) is 6.92 Å². The number of amidine groups is 1. The van der Waals surface area contributed by atoms with E-state index in [1.807, 2.05) is 19.1 Å². The maximum Gasteiger partial charge on any atom is 0.285 e. The molecule has 3 aromatic rings. The SMILES string of the molecule is CCCC/C(=C\c1cnc(N)cc1C)CNC(=O)C1CCc2ncc(NC(=O)C(=S)N=C(N)c3ccncc3)c(=O)n21. The fraction of sp³-hybridized carbons (Fsp3) is 0.310. The Morgan fingerprint density at radius 1 is 1.24 bits per heavy atom. The molecule has 0 fully saturated rings. The molecule has 0 aliphatic carbocycles. The van der Waals surface area contributed by atoms with E-state index in [2.05, 4.69) is 37.5 Å². The van der Waals surface area contributed by atoms with E-state index < -0.39 is 17.5 Å². The highest BCUT2D eigenvalue weighted by Crippen LogP contribution is 2.24. The van der Waals surface area contributed by atoms with Crippen molar-refractivity contribution in [3.8, 4) is 0 Å². The third-order valence-corrected chi connectivity index (χ3v) is 7.12. The number of rotatable bonds is 9. The minimum Gasteiger partial charge on any atom is -0.384 e. The van der Waals surface area contributed by atoms with Gasteiger partial charge in [-0.15, -0.1) is 0 Å². The molecule has 12 nitrogen and oxygen atoms in total. The van der Waals surface area contributed by atoms with E-state index in [9.17, 15) is 14.4 Å². The maximum atomic E-state index is 13.4. The van der Waals surface area contributed by atoms with E-state index in [1.165, 1.54) is 23.2 Å². The van der Waals surface area contributed by atoms with Crippen molar-refractivity contribution in [2.75, 3.05) is 17.6 Å². The van der Waals surface area contributed by atoms with Crippen LogP contribution in [-0.2, 0) is 16.0 Å². The Bertz CT molecular complexity index is 1620. The highest BCUT2D eigenvalue weighted by Gasteiger charge is 2.31. The number of aromatic nitrogens is 4. The van der Waals surface area contributed by atoms with Crippen LogP contribution in [0.5, 0.6) is 0 Å². The smallest absolute Gasteiger partial charge is 0.285 e. The number of hydrogen-bond donors (Lipinski definition) is 4. The summed E-state index contributed by atoms with van der Waals surface area (Å²) >= 11 is 5.11. The van der Waals surface area contributed by atoms with Crippen LogP contribution in [0.2, 0.25) is 0 Å². The number of unbranched alkanes of at least 4 members (excludes halogenated alkanes) is 1. The lowest BCUT2D eigenvalue weighted by atomic mass is 10.0. The number of hydrogen-bond acceptors (Lipinski definition) is 8. The van der Waals surface area contributed by atoms with E-state index in [-0.39, 0.29) is 22.4 Å². The first-order valence-corrected chi connectivity index (χ1v) is 14.0. The summed E-state index contributed by atoms with van der Waals surface area (Å²) in [5.41, 5.74) is 14.6. The minimum atomic E-state index is -0.793. The predicted octanol–water partition coefficient (Wildman–Crippen LogP) is 2.47. The zero-order valence-corrected chi connectivity index (χ0v) is 24.3. The Kier molecular flexibility index (Phi) is 9.86. The first-order valence-electron chi connectivity index (χ1n) is 13.6. The summed E-state index contributed by atoms with van der Waals surface area (Å²) in [7, 11) is 0. The monoisotopic (exact) mass is 587 g/mol. The van der Waals surface area contributed by atoms with Crippen LogP contribution in [0.3, 0.4) is 0 Å². The van der Waals surface area contributed by atoms with Gasteiger partial charge >= 0.3 is 0 Å². The van der Waals surface area contributed by atoms with Gasteiger partial charge in [-0.25, -0.2) is 15.0 Å². The number of nitrogen functional groups attached to an aromatic ring is 1. The van der Waals surface area contributed by atoms with Gasteiger partial charge in [0, 0.05) is 37.1 Å². The molecule has 1 aliphatic rings. The summed E-state index contributed by atoms with van der Waals surface area (Å²) in [6.07, 6.45) is 11.7. The quantitative estimate of drug-likeness (QED) is 0.166. The maximum absolute atomic E-state index is 13.4. The van der Waals surface area contributed by atoms with Crippen molar-refractivity contribution in [2.45, 2.75) is 52.0 Å². The van der Waals surface area contributed by atoms with Gasteiger partial charge < -0.3 is 22.1 Å². The first-order chi connectivity index (χ1) is 20.2. The molecule has 3 aromatic heterocycles. The molecule has 4 rings (SSSR count). The molecule has 1 aliphatic heterocycles. The normalized spacial score (nSPS) is 14.8. The standard InChI is InChI=1S/C29H33N9O3S/c1-3-4-5-18(13-20-15-33-23(30)12-17(20)2)14-35-26(39)22-6-7-24-34-16-21(29(41)38(22)24)36-27(40)28(42)37-25(31)19-8-10-32-11-9-19/h8-13,15-16,22H,3-7,14H2,1-2H3,(H2,30,33)(H,35,39)(H,36,40)(H2,31,37,42)/b18-13+. The molecular weight excluding hydrogens is 554 g/mol. The predicted molar refractivity (Wildman–Crippen MR) is 166 cm³/mol. The van der Waals surface area contributed by atoms with Crippen molar-refractivity contribution < 1.29 is 9.59 Å². The average Bonchev–Trinajstić information content (AvgIpc) is 3.42. The third-order valence-electron chi connectivity index (χ3n) is 6.84. The number of aliphatic imine (C=N–C) groups is 1. The van der Waals surface area contributed by atoms with Crippen LogP contribution in [0.15, 0.2) is 58.3 Å². The Hall–Kier alpha value is -4.78. The van der Waals surface area contributed by atoms with Crippen molar-refractivity contribution in [2.24, 2.45) is 10.7 Å². The lowest BCUT2D eigenvalue weighted by Gasteiger charge is -2.17. The second-order valence-electron chi connectivity index (χ2n) is 9.90. The number of amides is 2. The fourth-order valence-electron chi connectivity index (χ4n) is 4.56. The van der Waals surface area contributed by atoms with Crippen LogP contribution in [0.4, 0.5) is 11.5 Å². The molecule has 0 aromatic carbocycles. The van der Waals surface area contributed by atoms with E-state index in [0.29, 0.717) is 36.6 Å². The van der Waals surface area contributed by atoms with Crippen LogP contribution in [0.1, 0.15) is 61.2 Å². The van der Waals surface area contributed by atoms with E-state index in [0.717, 1.165) is 36.0 Å². The Balaban J connectivity index is 1.47. The number of carbonyl (C=O) groups is 2. The number of pyridine rings is 2. The molecule has 2 amide bonds. The molecule has 0 saturated heterocycles. The van der Waals surface area contributed by atoms with Gasteiger partial charge in [0.15, 0.2) is 4.99 Å². The van der Waals surface area contributed by atoms with Crippen molar-refractivity contribution in [1.82, 2.24) is 24.8 Å². The zero-order chi connectivity index (χ0) is 30.2. The van der Waals surface area contributed by atoms with Crippen LogP contribution < -0.4 is 27.7 Å². The number of nitrogens with zero attached hydrogens (tertiary/aromatic N) is 5. The molecule has 0 bridgehead atoms. The minimum absolute atomic E-state index is 0.0354. The number of carbonyl (C=O) groups excluding carboxylic acids is 2. The van der Waals surface area contributed by atoms with Crippen molar-refractivity contribution in [1.29, 1.82) is 0 Å².